The zero-order valence-corrected chi connectivity index (χ0v) is 17.6. The second-order valence-corrected chi connectivity index (χ2v) is 8.89. The lowest BCUT2D eigenvalue weighted by Gasteiger charge is -2.41. The fourth-order valence-corrected chi connectivity index (χ4v) is 5.10. The van der Waals surface area contributed by atoms with Gasteiger partial charge in [0.15, 0.2) is 0 Å². The van der Waals surface area contributed by atoms with Gasteiger partial charge in [-0.1, -0.05) is 36.9 Å². The summed E-state index contributed by atoms with van der Waals surface area (Å²) in [6.07, 6.45) is 6.87. The molecule has 0 unspecified atom stereocenters. The van der Waals surface area contributed by atoms with Crippen molar-refractivity contribution < 1.29 is 4.79 Å². The number of carbonyl (C=O) groups is 1. The van der Waals surface area contributed by atoms with E-state index in [0.29, 0.717) is 12.5 Å². The highest BCUT2D eigenvalue weighted by atomic mass is 35.5. The zero-order valence-electron chi connectivity index (χ0n) is 16.9. The number of halogens is 1. The van der Waals surface area contributed by atoms with Crippen molar-refractivity contribution in [2.75, 3.05) is 63.8 Å². The molecule has 0 bridgehead atoms. The molecule has 154 valence electrons. The molecular weight excluding hydrogens is 372 g/mol. The number of nitrogens with zero attached hydrogens (tertiary/aromatic N) is 4. The maximum atomic E-state index is 12.8. The lowest BCUT2D eigenvalue weighted by atomic mass is 9.94. The number of anilines is 1. The van der Waals surface area contributed by atoms with Crippen LogP contribution in [0.4, 0.5) is 5.69 Å². The van der Waals surface area contributed by atoms with Crippen molar-refractivity contribution in [3.05, 3.63) is 29.3 Å². The minimum Gasteiger partial charge on any atom is -0.369 e. The molecule has 0 aromatic heterocycles. The Kier molecular flexibility index (Phi) is 6.76. The van der Waals surface area contributed by atoms with E-state index in [4.69, 9.17) is 11.6 Å². The maximum absolute atomic E-state index is 12.8. The van der Waals surface area contributed by atoms with Crippen molar-refractivity contribution in [1.82, 2.24) is 14.7 Å². The van der Waals surface area contributed by atoms with Crippen molar-refractivity contribution in [2.45, 2.75) is 38.1 Å². The third-order valence-electron chi connectivity index (χ3n) is 6.66. The molecular formula is C22H33ClN4O. The van der Waals surface area contributed by atoms with E-state index in [-0.39, 0.29) is 0 Å². The van der Waals surface area contributed by atoms with E-state index in [1.165, 1.54) is 37.8 Å². The number of carbonyl (C=O) groups excluding carboxylic acids is 1. The molecule has 2 heterocycles. The van der Waals surface area contributed by atoms with Crippen LogP contribution in [0.25, 0.3) is 0 Å². The molecule has 0 radical (unpaired) electrons. The Labute approximate surface area is 174 Å². The number of rotatable bonds is 4. The average Bonchev–Trinajstić information content (AvgIpc) is 2.75. The third kappa shape index (κ3) is 5.00. The van der Waals surface area contributed by atoms with Crippen molar-refractivity contribution in [3.63, 3.8) is 0 Å². The van der Waals surface area contributed by atoms with Crippen LogP contribution in [-0.4, -0.2) is 85.6 Å². The van der Waals surface area contributed by atoms with Crippen LogP contribution in [0.5, 0.6) is 0 Å². The predicted molar refractivity (Wildman–Crippen MR) is 115 cm³/mol. The van der Waals surface area contributed by atoms with Crippen LogP contribution in [-0.2, 0) is 4.79 Å². The molecule has 28 heavy (non-hydrogen) atoms. The average molecular weight is 405 g/mol. The van der Waals surface area contributed by atoms with Gasteiger partial charge in [-0.3, -0.25) is 14.6 Å². The minimum absolute atomic E-state index is 0.305. The first kappa shape index (κ1) is 20.0. The Morgan fingerprint density at radius 2 is 1.64 bits per heavy atom. The first-order chi connectivity index (χ1) is 13.7. The Bertz CT molecular complexity index is 648. The van der Waals surface area contributed by atoms with E-state index in [1.54, 1.807) is 0 Å². The summed E-state index contributed by atoms with van der Waals surface area (Å²) in [5.74, 6) is 0.305. The molecule has 1 aliphatic carbocycles. The van der Waals surface area contributed by atoms with E-state index in [0.717, 1.165) is 63.4 Å². The monoisotopic (exact) mass is 404 g/mol. The Hall–Kier alpha value is -1.30. The van der Waals surface area contributed by atoms with Gasteiger partial charge in [0.1, 0.15) is 0 Å². The van der Waals surface area contributed by atoms with Crippen LogP contribution in [0.1, 0.15) is 32.1 Å². The molecule has 1 aromatic rings. The summed E-state index contributed by atoms with van der Waals surface area (Å²) in [5.41, 5.74) is 1.18. The lowest BCUT2D eigenvalue weighted by molar-refractivity contribution is -0.134. The number of hydrogen-bond acceptors (Lipinski definition) is 4. The van der Waals surface area contributed by atoms with E-state index >= 15 is 0 Å². The van der Waals surface area contributed by atoms with Gasteiger partial charge in [-0.05, 0) is 31.0 Å². The second-order valence-electron chi connectivity index (χ2n) is 8.45. The summed E-state index contributed by atoms with van der Waals surface area (Å²) >= 11 is 6.12. The van der Waals surface area contributed by atoms with Crippen molar-refractivity contribution in [1.29, 1.82) is 0 Å². The normalized spacial score (nSPS) is 23.2. The fraction of sp³-hybridized carbons (Fsp3) is 0.682. The lowest BCUT2D eigenvalue weighted by Crippen LogP contribution is -2.55. The van der Waals surface area contributed by atoms with E-state index in [2.05, 4.69) is 25.7 Å². The van der Waals surface area contributed by atoms with Gasteiger partial charge < -0.3 is 9.80 Å². The standard InChI is InChI=1S/C22H33ClN4O/c23-19-5-4-8-21(17-19)26-11-9-24(10-12-26)18-22(28)27-15-13-25(14-16-27)20-6-2-1-3-7-20/h4-5,8,17,20H,1-3,6-7,9-16,18H2. The van der Waals surface area contributed by atoms with Gasteiger partial charge in [0, 0.05) is 69.1 Å². The Morgan fingerprint density at radius 1 is 0.929 bits per heavy atom. The molecule has 2 saturated heterocycles. The number of benzene rings is 1. The van der Waals surface area contributed by atoms with Crippen LogP contribution in [0.15, 0.2) is 24.3 Å². The highest BCUT2D eigenvalue weighted by Gasteiger charge is 2.28. The summed E-state index contributed by atoms with van der Waals surface area (Å²) in [7, 11) is 0. The number of piperazine rings is 2. The topological polar surface area (TPSA) is 30.0 Å². The van der Waals surface area contributed by atoms with Crippen molar-refractivity contribution in [2.24, 2.45) is 0 Å². The molecule has 0 atom stereocenters. The van der Waals surface area contributed by atoms with Crippen LogP contribution in [0, 0.1) is 0 Å². The third-order valence-corrected chi connectivity index (χ3v) is 6.90. The summed E-state index contributed by atoms with van der Waals surface area (Å²) in [6, 6.07) is 8.81. The molecule has 4 rings (SSSR count). The SMILES string of the molecule is O=C(CN1CCN(c2cccc(Cl)c2)CC1)N1CCN(C2CCCCC2)CC1. The van der Waals surface area contributed by atoms with E-state index in [9.17, 15) is 4.79 Å². The van der Waals surface area contributed by atoms with E-state index < -0.39 is 0 Å². The van der Waals surface area contributed by atoms with Gasteiger partial charge in [0.25, 0.3) is 0 Å². The molecule has 0 spiro atoms. The fourth-order valence-electron chi connectivity index (χ4n) is 4.91. The van der Waals surface area contributed by atoms with Crippen molar-refractivity contribution >= 4 is 23.2 Å². The Balaban J connectivity index is 1.20. The van der Waals surface area contributed by atoms with Crippen LogP contribution < -0.4 is 4.90 Å². The molecule has 1 saturated carbocycles. The van der Waals surface area contributed by atoms with Crippen molar-refractivity contribution in [3.8, 4) is 0 Å². The molecule has 1 amide bonds. The molecule has 1 aromatic carbocycles. The van der Waals surface area contributed by atoms with Gasteiger partial charge in [0.2, 0.25) is 5.91 Å². The van der Waals surface area contributed by atoms with Gasteiger partial charge in [-0.2, -0.15) is 0 Å². The van der Waals surface area contributed by atoms with Crippen LogP contribution in [0.3, 0.4) is 0 Å². The quantitative estimate of drug-likeness (QED) is 0.771. The summed E-state index contributed by atoms with van der Waals surface area (Å²) in [4.78, 5) is 22.2. The van der Waals surface area contributed by atoms with Crippen LogP contribution in [0.2, 0.25) is 5.02 Å². The van der Waals surface area contributed by atoms with E-state index in [1.807, 2.05) is 18.2 Å². The largest absolute Gasteiger partial charge is 0.369 e. The number of hydrogen-bond donors (Lipinski definition) is 0. The van der Waals surface area contributed by atoms with Crippen LogP contribution >= 0.6 is 11.6 Å². The minimum atomic E-state index is 0.305. The highest BCUT2D eigenvalue weighted by molar-refractivity contribution is 6.30. The first-order valence-electron chi connectivity index (χ1n) is 10.9. The van der Waals surface area contributed by atoms with Gasteiger partial charge in [-0.15, -0.1) is 0 Å². The van der Waals surface area contributed by atoms with Gasteiger partial charge >= 0.3 is 0 Å². The summed E-state index contributed by atoms with van der Waals surface area (Å²) < 4.78 is 0. The Morgan fingerprint density at radius 3 is 2.32 bits per heavy atom. The molecule has 0 N–H and O–H groups in total. The molecule has 6 heteroatoms. The molecule has 5 nitrogen and oxygen atoms in total. The number of amides is 1. The summed E-state index contributed by atoms with van der Waals surface area (Å²) in [6.45, 7) is 8.23. The first-order valence-corrected chi connectivity index (χ1v) is 11.3. The van der Waals surface area contributed by atoms with Gasteiger partial charge in [-0.25, -0.2) is 0 Å². The highest BCUT2D eigenvalue weighted by Crippen LogP contribution is 2.24. The molecule has 3 fully saturated rings. The van der Waals surface area contributed by atoms with Gasteiger partial charge in [0.05, 0.1) is 6.54 Å². The maximum Gasteiger partial charge on any atom is 0.236 e. The smallest absolute Gasteiger partial charge is 0.236 e. The molecule has 3 aliphatic rings. The predicted octanol–water partition coefficient (Wildman–Crippen LogP) is 2.94. The summed E-state index contributed by atoms with van der Waals surface area (Å²) in [5, 5.41) is 0.780. The molecule has 2 aliphatic heterocycles. The second kappa shape index (κ2) is 9.47. The zero-order chi connectivity index (χ0) is 19.3.